The molecule has 0 spiro atoms. The van der Waals surface area contributed by atoms with Crippen molar-refractivity contribution in [3.8, 4) is 0 Å². The molecule has 1 atom stereocenters. The number of rotatable bonds is 6. The maximum Gasteiger partial charge on any atom is 0.350 e. The van der Waals surface area contributed by atoms with Gasteiger partial charge >= 0.3 is 5.97 Å². The number of benzene rings is 1. The molecule has 1 aliphatic rings. The van der Waals surface area contributed by atoms with Gasteiger partial charge in [-0.3, -0.25) is 14.5 Å². The van der Waals surface area contributed by atoms with Gasteiger partial charge in [0.1, 0.15) is 4.88 Å². The molecule has 35 heavy (non-hydrogen) atoms. The molecule has 1 amide bonds. The Morgan fingerprint density at radius 2 is 1.80 bits per heavy atom. The van der Waals surface area contributed by atoms with Crippen LogP contribution >= 0.6 is 45.9 Å². The van der Waals surface area contributed by atoms with Crippen molar-refractivity contribution in [2.24, 2.45) is 0 Å². The number of esters is 1. The number of aliphatic hydroxyl groups is 1. The summed E-state index contributed by atoms with van der Waals surface area (Å²) in [7, 11) is 0. The molecule has 0 radical (unpaired) electrons. The van der Waals surface area contributed by atoms with E-state index in [2.05, 4.69) is 9.97 Å². The lowest BCUT2D eigenvalue weighted by atomic mass is 9.95. The maximum absolute atomic E-state index is 13.7. The molecule has 0 fully saturated rings. The van der Waals surface area contributed by atoms with Crippen LogP contribution in [0.25, 0.3) is 0 Å². The van der Waals surface area contributed by atoms with Crippen LogP contribution in [0.15, 0.2) is 29.5 Å². The number of ketones is 1. The van der Waals surface area contributed by atoms with Gasteiger partial charge in [0.05, 0.1) is 39.5 Å². The van der Waals surface area contributed by atoms with Crippen molar-refractivity contribution in [1.29, 1.82) is 0 Å². The Balaban J connectivity index is 1.90. The number of amides is 1. The molecular formula is C23H19Cl2N3O5S2. The molecule has 0 saturated heterocycles. The molecule has 182 valence electrons. The number of anilines is 1. The van der Waals surface area contributed by atoms with Gasteiger partial charge in [-0.25, -0.2) is 14.8 Å². The van der Waals surface area contributed by atoms with Gasteiger partial charge in [0, 0.05) is 10.0 Å². The molecular weight excluding hydrogens is 533 g/mol. The number of aromatic nitrogens is 2. The molecule has 1 N–H and O–H groups in total. The zero-order valence-electron chi connectivity index (χ0n) is 19.0. The topological polar surface area (TPSA) is 110 Å². The number of carbonyl (C=O) groups excluding carboxylic acids is 3. The predicted octanol–water partition coefficient (Wildman–Crippen LogP) is 5.79. The first-order valence-electron chi connectivity index (χ1n) is 10.4. The number of Topliss-reactive ketones (excluding diaryl/α,β-unsaturated/α-hetero) is 1. The Morgan fingerprint density at radius 1 is 1.11 bits per heavy atom. The Morgan fingerprint density at radius 3 is 2.40 bits per heavy atom. The molecule has 3 heterocycles. The second-order valence-corrected chi connectivity index (χ2v) is 10.6. The van der Waals surface area contributed by atoms with Crippen LogP contribution in [0.1, 0.15) is 54.3 Å². The van der Waals surface area contributed by atoms with Gasteiger partial charge in [-0.05, 0) is 45.4 Å². The lowest BCUT2D eigenvalue weighted by molar-refractivity contribution is -0.117. The Kier molecular flexibility index (Phi) is 7.01. The summed E-state index contributed by atoms with van der Waals surface area (Å²) >= 11 is 14.7. The van der Waals surface area contributed by atoms with E-state index in [0.717, 1.165) is 11.3 Å². The fourth-order valence-corrected chi connectivity index (χ4v) is 6.16. The van der Waals surface area contributed by atoms with Crippen molar-refractivity contribution in [2.75, 3.05) is 11.5 Å². The zero-order valence-corrected chi connectivity index (χ0v) is 22.2. The van der Waals surface area contributed by atoms with Crippen molar-refractivity contribution in [1.82, 2.24) is 9.97 Å². The number of carbonyl (C=O) groups is 3. The van der Waals surface area contributed by atoms with Crippen LogP contribution in [0.4, 0.5) is 5.13 Å². The molecule has 3 aromatic rings. The van der Waals surface area contributed by atoms with E-state index in [1.165, 1.54) is 22.3 Å². The molecule has 8 nitrogen and oxygen atoms in total. The van der Waals surface area contributed by atoms with Crippen LogP contribution in [0, 0.1) is 20.8 Å². The van der Waals surface area contributed by atoms with Crippen LogP contribution in [-0.2, 0) is 9.53 Å². The third kappa shape index (κ3) is 4.47. The van der Waals surface area contributed by atoms with E-state index in [4.69, 9.17) is 27.9 Å². The summed E-state index contributed by atoms with van der Waals surface area (Å²) in [5, 5.41) is 12.3. The summed E-state index contributed by atoms with van der Waals surface area (Å²) in [4.78, 5) is 49.7. The molecule has 0 bridgehead atoms. The quantitative estimate of drug-likeness (QED) is 0.305. The number of nitrogens with zero attached hydrogens (tertiary/aromatic N) is 3. The molecule has 0 aliphatic carbocycles. The highest BCUT2D eigenvalue weighted by molar-refractivity contribution is 7.17. The predicted molar refractivity (Wildman–Crippen MR) is 135 cm³/mol. The van der Waals surface area contributed by atoms with Gasteiger partial charge in [0.15, 0.2) is 10.9 Å². The van der Waals surface area contributed by atoms with Crippen molar-refractivity contribution >= 4 is 68.7 Å². The lowest BCUT2D eigenvalue weighted by Gasteiger charge is -2.25. The lowest BCUT2D eigenvalue weighted by Crippen LogP contribution is -2.31. The molecule has 1 aromatic carbocycles. The fraction of sp³-hybridized carbons (Fsp3) is 0.261. The van der Waals surface area contributed by atoms with Crippen LogP contribution in [0.2, 0.25) is 10.0 Å². The summed E-state index contributed by atoms with van der Waals surface area (Å²) in [6.45, 7) is 6.91. The molecule has 12 heteroatoms. The third-order valence-corrected chi connectivity index (χ3v) is 8.04. The number of aliphatic hydroxyl groups excluding tert-OH is 1. The highest BCUT2D eigenvalue weighted by Crippen LogP contribution is 2.46. The second-order valence-electron chi connectivity index (χ2n) is 7.61. The number of halogens is 2. The first kappa shape index (κ1) is 25.3. The fourth-order valence-electron chi connectivity index (χ4n) is 3.79. The minimum absolute atomic E-state index is 0.109. The maximum atomic E-state index is 13.7. The van der Waals surface area contributed by atoms with E-state index in [1.54, 1.807) is 39.8 Å². The van der Waals surface area contributed by atoms with Crippen LogP contribution in [-0.4, -0.2) is 39.3 Å². The summed E-state index contributed by atoms with van der Waals surface area (Å²) < 4.78 is 5.08. The SMILES string of the molecule is CCOC(=O)c1sc(N2C(=O)C(O)=C(C(=O)c3sc(C)nc3C)C2c2ccc(Cl)cc2Cl)nc1C. The summed E-state index contributed by atoms with van der Waals surface area (Å²) in [5.41, 5.74) is 1.04. The molecule has 1 unspecified atom stereocenters. The molecule has 4 rings (SSSR count). The van der Waals surface area contributed by atoms with Gasteiger partial charge in [0.25, 0.3) is 5.91 Å². The zero-order chi connectivity index (χ0) is 25.6. The Bertz CT molecular complexity index is 1410. The Hall–Kier alpha value is -2.79. The minimum Gasteiger partial charge on any atom is -0.503 e. The first-order chi connectivity index (χ1) is 16.5. The highest BCUT2D eigenvalue weighted by Gasteiger charge is 2.47. The monoisotopic (exact) mass is 551 g/mol. The molecule has 2 aromatic heterocycles. The van der Waals surface area contributed by atoms with Gasteiger partial charge in [-0.2, -0.15) is 0 Å². The van der Waals surface area contributed by atoms with Gasteiger partial charge in [0.2, 0.25) is 5.78 Å². The van der Waals surface area contributed by atoms with E-state index in [-0.39, 0.29) is 27.2 Å². The first-order valence-corrected chi connectivity index (χ1v) is 12.8. The summed E-state index contributed by atoms with van der Waals surface area (Å²) in [5.74, 6) is -2.68. The second kappa shape index (κ2) is 9.69. The number of ether oxygens (including phenoxy) is 1. The smallest absolute Gasteiger partial charge is 0.350 e. The molecule has 1 aliphatic heterocycles. The van der Waals surface area contributed by atoms with Gasteiger partial charge in [-0.1, -0.05) is 40.6 Å². The normalized spacial score (nSPS) is 15.8. The minimum atomic E-state index is -1.11. The highest BCUT2D eigenvalue weighted by atomic mass is 35.5. The van der Waals surface area contributed by atoms with E-state index in [9.17, 15) is 19.5 Å². The number of hydrogen-bond donors (Lipinski definition) is 1. The van der Waals surface area contributed by atoms with Crippen molar-refractivity contribution < 1.29 is 24.2 Å². The number of aryl methyl sites for hydroxylation is 3. The van der Waals surface area contributed by atoms with E-state index >= 15 is 0 Å². The summed E-state index contributed by atoms with van der Waals surface area (Å²) in [6.07, 6.45) is 0. The van der Waals surface area contributed by atoms with E-state index < -0.39 is 29.5 Å². The van der Waals surface area contributed by atoms with Crippen molar-refractivity contribution in [2.45, 2.75) is 33.7 Å². The Labute approximate surface area is 218 Å². The van der Waals surface area contributed by atoms with E-state index in [0.29, 0.717) is 31.9 Å². The average molecular weight is 552 g/mol. The van der Waals surface area contributed by atoms with E-state index in [1.807, 2.05) is 0 Å². The van der Waals surface area contributed by atoms with Crippen molar-refractivity contribution in [3.63, 3.8) is 0 Å². The number of thiazole rings is 2. The third-order valence-electron chi connectivity index (χ3n) is 5.27. The standard InChI is InChI=1S/C23H19Cl2N3O5S2/c1-5-33-22(32)20-10(3)27-23(35-20)28-16(13-7-6-12(24)8-14(13)25)15(18(30)21(28)31)17(29)19-9(2)26-11(4)34-19/h6-8,16,30H,5H2,1-4H3. The number of hydrogen-bond acceptors (Lipinski definition) is 9. The van der Waals surface area contributed by atoms with Crippen LogP contribution < -0.4 is 4.90 Å². The largest absolute Gasteiger partial charge is 0.503 e. The van der Waals surface area contributed by atoms with Gasteiger partial charge in [-0.15, -0.1) is 11.3 Å². The molecule has 0 saturated carbocycles. The summed E-state index contributed by atoms with van der Waals surface area (Å²) in [6, 6.07) is 3.53. The van der Waals surface area contributed by atoms with Crippen molar-refractivity contribution in [3.05, 3.63) is 71.3 Å². The average Bonchev–Trinajstić information content (AvgIpc) is 3.41. The van der Waals surface area contributed by atoms with Crippen LogP contribution in [0.5, 0.6) is 0 Å². The van der Waals surface area contributed by atoms with Gasteiger partial charge < -0.3 is 9.84 Å². The van der Waals surface area contributed by atoms with Crippen LogP contribution in [0.3, 0.4) is 0 Å².